The molecule has 1 unspecified atom stereocenters. The molecule has 0 aromatic rings. The molecule has 0 radical (unpaired) electrons. The van der Waals surface area contributed by atoms with Crippen LogP contribution in [-0.2, 0) is 14.3 Å². The molecule has 6 nitrogen and oxygen atoms in total. The van der Waals surface area contributed by atoms with Crippen LogP contribution in [0.2, 0.25) is 0 Å². The van der Waals surface area contributed by atoms with Gasteiger partial charge in [-0.1, -0.05) is 0 Å². The number of aliphatic hydroxyl groups is 1. The molecule has 88 valence electrons. The van der Waals surface area contributed by atoms with Crippen molar-refractivity contribution in [1.82, 2.24) is 10.2 Å². The zero-order chi connectivity index (χ0) is 12.1. The minimum atomic E-state index is -1.60. The van der Waals surface area contributed by atoms with E-state index in [1.54, 1.807) is 7.05 Å². The lowest BCUT2D eigenvalue weighted by molar-refractivity contribution is -0.162. The molecule has 15 heavy (non-hydrogen) atoms. The Bertz CT molecular complexity index is 240. The summed E-state index contributed by atoms with van der Waals surface area (Å²) in [6.45, 7) is 1.50. The lowest BCUT2D eigenvalue weighted by atomic mass is 10.1. The predicted octanol–water partition coefficient (Wildman–Crippen LogP) is -1.41. The van der Waals surface area contributed by atoms with Gasteiger partial charge in [0, 0.05) is 13.6 Å². The van der Waals surface area contributed by atoms with E-state index < -0.39 is 11.6 Å². The van der Waals surface area contributed by atoms with E-state index in [9.17, 15) is 14.7 Å². The fourth-order valence-electron chi connectivity index (χ4n) is 1.19. The average Bonchev–Trinajstić information content (AvgIpc) is 2.15. The van der Waals surface area contributed by atoms with Crippen LogP contribution < -0.4 is 5.32 Å². The van der Waals surface area contributed by atoms with Gasteiger partial charge in [-0.3, -0.25) is 9.69 Å². The molecule has 0 aliphatic carbocycles. The summed E-state index contributed by atoms with van der Waals surface area (Å²) in [5.41, 5.74) is -1.60. The third kappa shape index (κ3) is 4.75. The number of hydrogen-bond donors (Lipinski definition) is 2. The van der Waals surface area contributed by atoms with Crippen LogP contribution in [0.5, 0.6) is 0 Å². The van der Waals surface area contributed by atoms with Crippen molar-refractivity contribution in [3.8, 4) is 0 Å². The molecular weight excluding hydrogens is 200 g/mol. The third-order valence-electron chi connectivity index (χ3n) is 1.90. The SMILES string of the molecule is CNC(=O)CN(C)CC(C)(O)C(=O)OC. The molecule has 0 saturated carbocycles. The molecular formula is C9H18N2O4. The van der Waals surface area contributed by atoms with Crippen LogP contribution in [0.1, 0.15) is 6.92 Å². The number of nitrogens with zero attached hydrogens (tertiary/aromatic N) is 1. The smallest absolute Gasteiger partial charge is 0.338 e. The zero-order valence-corrected chi connectivity index (χ0v) is 9.53. The summed E-state index contributed by atoms with van der Waals surface area (Å²) in [5.74, 6) is -0.899. The number of methoxy groups -OCH3 is 1. The van der Waals surface area contributed by atoms with Gasteiger partial charge in [-0.2, -0.15) is 0 Å². The van der Waals surface area contributed by atoms with E-state index in [1.807, 2.05) is 0 Å². The molecule has 0 rings (SSSR count). The Labute approximate surface area is 89.2 Å². The van der Waals surface area contributed by atoms with E-state index >= 15 is 0 Å². The van der Waals surface area contributed by atoms with Gasteiger partial charge in [0.15, 0.2) is 5.60 Å². The molecule has 1 atom stereocenters. The molecule has 0 aliphatic rings. The van der Waals surface area contributed by atoms with Gasteiger partial charge in [0.2, 0.25) is 5.91 Å². The van der Waals surface area contributed by atoms with Gasteiger partial charge in [-0.05, 0) is 14.0 Å². The molecule has 0 saturated heterocycles. The third-order valence-corrected chi connectivity index (χ3v) is 1.90. The Hall–Kier alpha value is -1.14. The number of carbonyl (C=O) groups is 2. The Balaban J connectivity index is 4.21. The standard InChI is InChI=1S/C9H18N2O4/c1-9(14,8(13)15-4)6-11(3)5-7(12)10-2/h14H,5-6H2,1-4H3,(H,10,12). The topological polar surface area (TPSA) is 78.9 Å². The van der Waals surface area contributed by atoms with Gasteiger partial charge in [0.05, 0.1) is 13.7 Å². The van der Waals surface area contributed by atoms with E-state index in [0.29, 0.717) is 0 Å². The number of hydrogen-bond acceptors (Lipinski definition) is 5. The highest BCUT2D eigenvalue weighted by molar-refractivity contribution is 5.79. The van der Waals surface area contributed by atoms with Crippen LogP contribution in [-0.4, -0.2) is 61.8 Å². The lowest BCUT2D eigenvalue weighted by Gasteiger charge is -2.25. The molecule has 2 N–H and O–H groups in total. The number of amides is 1. The molecule has 0 fully saturated rings. The van der Waals surface area contributed by atoms with Crippen molar-refractivity contribution in [1.29, 1.82) is 0 Å². The summed E-state index contributed by atoms with van der Waals surface area (Å²) in [7, 11) is 4.36. The molecule has 0 bridgehead atoms. The summed E-state index contributed by atoms with van der Waals surface area (Å²) in [4.78, 5) is 23.7. The highest BCUT2D eigenvalue weighted by Crippen LogP contribution is 2.07. The van der Waals surface area contributed by atoms with E-state index in [-0.39, 0.29) is 19.0 Å². The van der Waals surface area contributed by atoms with Crippen molar-refractivity contribution >= 4 is 11.9 Å². The second-order valence-electron chi connectivity index (χ2n) is 3.61. The molecule has 0 aromatic carbocycles. The van der Waals surface area contributed by atoms with Crippen molar-refractivity contribution in [3.05, 3.63) is 0 Å². The van der Waals surface area contributed by atoms with Crippen molar-refractivity contribution in [2.45, 2.75) is 12.5 Å². The van der Waals surface area contributed by atoms with Gasteiger partial charge >= 0.3 is 5.97 Å². The first-order chi connectivity index (χ1) is 6.83. The fourth-order valence-corrected chi connectivity index (χ4v) is 1.19. The number of nitrogens with one attached hydrogen (secondary N) is 1. The normalized spacial score (nSPS) is 14.5. The maximum atomic E-state index is 11.1. The Morgan fingerprint density at radius 1 is 1.53 bits per heavy atom. The van der Waals surface area contributed by atoms with Gasteiger partial charge in [-0.25, -0.2) is 4.79 Å². The molecule has 6 heteroatoms. The van der Waals surface area contributed by atoms with E-state index in [1.165, 1.54) is 26.0 Å². The summed E-state index contributed by atoms with van der Waals surface area (Å²) in [5, 5.41) is 12.1. The monoisotopic (exact) mass is 218 g/mol. The highest BCUT2D eigenvalue weighted by atomic mass is 16.5. The first-order valence-electron chi connectivity index (χ1n) is 4.53. The van der Waals surface area contributed by atoms with Crippen LogP contribution >= 0.6 is 0 Å². The first kappa shape index (κ1) is 13.9. The number of ether oxygens (including phenoxy) is 1. The van der Waals surface area contributed by atoms with Crippen LogP contribution in [0.4, 0.5) is 0 Å². The lowest BCUT2D eigenvalue weighted by Crippen LogP contribution is -2.48. The summed E-state index contributed by atoms with van der Waals surface area (Å²) >= 11 is 0. The van der Waals surface area contributed by atoms with Crippen LogP contribution in [0.15, 0.2) is 0 Å². The number of rotatable bonds is 5. The number of carbonyl (C=O) groups excluding carboxylic acids is 2. The predicted molar refractivity (Wildman–Crippen MR) is 54.2 cm³/mol. The summed E-state index contributed by atoms with van der Waals surface area (Å²) < 4.78 is 4.43. The van der Waals surface area contributed by atoms with Crippen molar-refractivity contribution in [2.75, 3.05) is 34.3 Å². The van der Waals surface area contributed by atoms with Crippen LogP contribution in [0.3, 0.4) is 0 Å². The quantitative estimate of drug-likeness (QED) is 0.554. The van der Waals surface area contributed by atoms with E-state index in [2.05, 4.69) is 10.1 Å². The van der Waals surface area contributed by atoms with Crippen molar-refractivity contribution < 1.29 is 19.4 Å². The Morgan fingerprint density at radius 2 is 2.07 bits per heavy atom. The number of esters is 1. The molecule has 1 amide bonds. The Morgan fingerprint density at radius 3 is 2.47 bits per heavy atom. The first-order valence-corrected chi connectivity index (χ1v) is 4.53. The van der Waals surface area contributed by atoms with Crippen LogP contribution in [0, 0.1) is 0 Å². The minimum absolute atomic E-state index is 0.0348. The Kier molecular flexibility index (Phi) is 5.24. The second-order valence-corrected chi connectivity index (χ2v) is 3.61. The number of likely N-dealkylation sites (N-methyl/N-ethyl adjacent to an activating group) is 2. The second kappa shape index (κ2) is 5.67. The molecule has 0 aliphatic heterocycles. The van der Waals surface area contributed by atoms with Gasteiger partial charge in [0.25, 0.3) is 0 Å². The minimum Gasteiger partial charge on any atom is -0.467 e. The van der Waals surface area contributed by atoms with Gasteiger partial charge in [0.1, 0.15) is 0 Å². The van der Waals surface area contributed by atoms with Gasteiger partial charge in [-0.15, -0.1) is 0 Å². The summed E-state index contributed by atoms with van der Waals surface area (Å²) in [6, 6.07) is 0. The summed E-state index contributed by atoms with van der Waals surface area (Å²) in [6.07, 6.45) is 0. The van der Waals surface area contributed by atoms with Gasteiger partial charge < -0.3 is 15.2 Å². The highest BCUT2D eigenvalue weighted by Gasteiger charge is 2.32. The van der Waals surface area contributed by atoms with E-state index in [4.69, 9.17) is 0 Å². The van der Waals surface area contributed by atoms with Crippen molar-refractivity contribution in [2.24, 2.45) is 0 Å². The molecule has 0 spiro atoms. The maximum absolute atomic E-state index is 11.1. The van der Waals surface area contributed by atoms with Crippen LogP contribution in [0.25, 0.3) is 0 Å². The van der Waals surface area contributed by atoms with Crippen molar-refractivity contribution in [3.63, 3.8) is 0 Å². The zero-order valence-electron chi connectivity index (χ0n) is 9.53. The maximum Gasteiger partial charge on any atom is 0.338 e. The molecule has 0 heterocycles. The fraction of sp³-hybridized carbons (Fsp3) is 0.778. The van der Waals surface area contributed by atoms with E-state index in [0.717, 1.165) is 0 Å². The average molecular weight is 218 g/mol. The molecule has 0 aromatic heterocycles. The largest absolute Gasteiger partial charge is 0.467 e.